The maximum atomic E-state index is 13.6. The van der Waals surface area contributed by atoms with E-state index in [0.29, 0.717) is 19.6 Å². The summed E-state index contributed by atoms with van der Waals surface area (Å²) in [5.74, 6) is 0.494. The lowest BCUT2D eigenvalue weighted by Gasteiger charge is -2.27. The van der Waals surface area contributed by atoms with Gasteiger partial charge in [-0.2, -0.15) is 0 Å². The Hall–Kier alpha value is -3.78. The van der Waals surface area contributed by atoms with Crippen LogP contribution in [0.1, 0.15) is 5.56 Å². The van der Waals surface area contributed by atoms with E-state index < -0.39 is 0 Å². The first-order chi connectivity index (χ1) is 15.7. The summed E-state index contributed by atoms with van der Waals surface area (Å²) in [6.45, 7) is 2.78. The van der Waals surface area contributed by atoms with E-state index in [9.17, 15) is 9.18 Å². The summed E-state index contributed by atoms with van der Waals surface area (Å²) >= 11 is 0. The van der Waals surface area contributed by atoms with Crippen molar-refractivity contribution in [2.24, 2.45) is 0 Å². The van der Waals surface area contributed by atoms with E-state index in [-0.39, 0.29) is 11.7 Å². The molecule has 1 N–H and O–H groups in total. The fourth-order valence-electron chi connectivity index (χ4n) is 4.42. The minimum absolute atomic E-state index is 0.00662. The smallest absolute Gasteiger partial charge is 0.228 e. The first-order valence-electron chi connectivity index (χ1n) is 10.6. The van der Waals surface area contributed by atoms with Gasteiger partial charge in [-0.3, -0.25) is 9.20 Å². The number of benzene rings is 2. The van der Waals surface area contributed by atoms with E-state index in [1.165, 1.54) is 12.1 Å². The predicted molar refractivity (Wildman–Crippen MR) is 119 cm³/mol. The highest BCUT2D eigenvalue weighted by molar-refractivity contribution is 6.00. The fraction of sp³-hybridized carbons (Fsp3) is 0.208. The number of imidazole rings is 1. The van der Waals surface area contributed by atoms with E-state index >= 15 is 0 Å². The van der Waals surface area contributed by atoms with Crippen LogP contribution in [0, 0.1) is 5.82 Å². The number of carbonyl (C=O) groups excluding carboxylic acids is 1. The number of anilines is 2. The second-order valence-electron chi connectivity index (χ2n) is 7.96. The summed E-state index contributed by atoms with van der Waals surface area (Å²) in [6.07, 6.45) is 4.02. The molecule has 0 radical (unpaired) electrons. The summed E-state index contributed by atoms with van der Waals surface area (Å²) in [7, 11) is 0. The molecule has 2 aliphatic rings. The Balaban J connectivity index is 1.58. The first kappa shape index (κ1) is 18.9. The molecule has 160 valence electrons. The Morgan fingerprint density at radius 3 is 2.62 bits per heavy atom. The molecule has 1 fully saturated rings. The Morgan fingerprint density at radius 1 is 1.03 bits per heavy atom. The largest absolute Gasteiger partial charge is 0.378 e. The van der Waals surface area contributed by atoms with Gasteiger partial charge in [0, 0.05) is 42.3 Å². The molecule has 2 aliphatic heterocycles. The molecule has 1 saturated heterocycles. The van der Waals surface area contributed by atoms with Gasteiger partial charge in [-0.25, -0.2) is 14.4 Å². The molecule has 2 aromatic carbocycles. The van der Waals surface area contributed by atoms with Gasteiger partial charge in [-0.05, 0) is 42.0 Å². The van der Waals surface area contributed by atoms with E-state index in [2.05, 4.69) is 15.2 Å². The number of aromatic nitrogens is 3. The zero-order valence-electron chi connectivity index (χ0n) is 17.2. The van der Waals surface area contributed by atoms with Crippen LogP contribution in [-0.4, -0.2) is 46.6 Å². The maximum Gasteiger partial charge on any atom is 0.228 e. The highest BCUT2D eigenvalue weighted by Crippen LogP contribution is 2.37. The Kier molecular flexibility index (Phi) is 4.39. The number of hydrogen-bond donors (Lipinski definition) is 1. The number of rotatable bonds is 3. The average Bonchev–Trinajstić information content (AvgIpc) is 3.39. The van der Waals surface area contributed by atoms with Crippen LogP contribution in [0.4, 0.5) is 15.9 Å². The minimum atomic E-state index is -0.295. The number of morpholine rings is 1. The van der Waals surface area contributed by atoms with Crippen LogP contribution in [0.3, 0.4) is 0 Å². The number of carbonyl (C=O) groups is 1. The van der Waals surface area contributed by atoms with Gasteiger partial charge in [0.2, 0.25) is 5.91 Å². The normalized spacial score (nSPS) is 15.8. The average molecular weight is 429 g/mol. The molecule has 0 saturated carbocycles. The third-order valence-corrected chi connectivity index (χ3v) is 5.96. The molecule has 0 aliphatic carbocycles. The maximum absolute atomic E-state index is 13.6. The van der Waals surface area contributed by atoms with Crippen molar-refractivity contribution in [2.45, 2.75) is 6.42 Å². The quantitative estimate of drug-likeness (QED) is 0.540. The van der Waals surface area contributed by atoms with Gasteiger partial charge < -0.3 is 15.0 Å². The van der Waals surface area contributed by atoms with Crippen LogP contribution < -0.4 is 10.2 Å². The number of nitrogens with one attached hydrogen (secondary N) is 1. The summed E-state index contributed by atoms with van der Waals surface area (Å²) in [5.41, 5.74) is 5.90. The molecule has 0 unspecified atom stereocenters. The molecule has 4 aromatic rings. The Labute approximate surface area is 183 Å². The summed E-state index contributed by atoms with van der Waals surface area (Å²) in [4.78, 5) is 23.7. The number of nitrogens with zero attached hydrogens (tertiary/aromatic N) is 4. The number of ether oxygens (including phenoxy) is 1. The van der Waals surface area contributed by atoms with Gasteiger partial charge in [0.15, 0.2) is 11.5 Å². The zero-order valence-corrected chi connectivity index (χ0v) is 17.2. The first-order valence-corrected chi connectivity index (χ1v) is 10.6. The van der Waals surface area contributed by atoms with Crippen LogP contribution in [0.5, 0.6) is 0 Å². The molecule has 6 rings (SSSR count). The SMILES string of the molecule is O=C1Cc2cc(-c3c(-c4ccc(F)cc4)nc4c(N5CCOCC5)nccn34)ccc2N1. The van der Waals surface area contributed by atoms with Crippen molar-refractivity contribution in [1.29, 1.82) is 0 Å². The van der Waals surface area contributed by atoms with Crippen molar-refractivity contribution in [3.8, 4) is 22.5 Å². The van der Waals surface area contributed by atoms with Gasteiger partial charge in [0.25, 0.3) is 0 Å². The monoisotopic (exact) mass is 429 g/mol. The van der Waals surface area contributed by atoms with E-state index in [1.807, 2.05) is 28.8 Å². The van der Waals surface area contributed by atoms with E-state index in [1.54, 1.807) is 18.3 Å². The highest BCUT2D eigenvalue weighted by Gasteiger charge is 2.24. The van der Waals surface area contributed by atoms with Crippen LogP contribution in [0.2, 0.25) is 0 Å². The third-order valence-electron chi connectivity index (χ3n) is 5.96. The zero-order chi connectivity index (χ0) is 21.7. The molecule has 8 heteroatoms. The molecular formula is C24H20FN5O2. The van der Waals surface area contributed by atoms with Gasteiger partial charge >= 0.3 is 0 Å². The van der Waals surface area contributed by atoms with Gasteiger partial charge in [0.05, 0.1) is 31.0 Å². The van der Waals surface area contributed by atoms with Crippen molar-refractivity contribution < 1.29 is 13.9 Å². The van der Waals surface area contributed by atoms with Crippen molar-refractivity contribution in [3.63, 3.8) is 0 Å². The number of amides is 1. The summed E-state index contributed by atoms with van der Waals surface area (Å²) in [5, 5.41) is 2.88. The summed E-state index contributed by atoms with van der Waals surface area (Å²) < 4.78 is 21.2. The molecule has 2 aromatic heterocycles. The van der Waals surface area contributed by atoms with Crippen molar-refractivity contribution in [2.75, 3.05) is 36.5 Å². The fourth-order valence-corrected chi connectivity index (χ4v) is 4.42. The van der Waals surface area contributed by atoms with Crippen molar-refractivity contribution in [1.82, 2.24) is 14.4 Å². The minimum Gasteiger partial charge on any atom is -0.378 e. The predicted octanol–water partition coefficient (Wildman–Crippen LogP) is 3.53. The van der Waals surface area contributed by atoms with E-state index in [0.717, 1.165) is 58.3 Å². The molecular weight excluding hydrogens is 409 g/mol. The van der Waals surface area contributed by atoms with Crippen LogP contribution in [-0.2, 0) is 16.0 Å². The Morgan fingerprint density at radius 2 is 1.81 bits per heavy atom. The highest BCUT2D eigenvalue weighted by atomic mass is 19.1. The standard InChI is InChI=1S/C24H20FN5O2/c25-18-4-1-15(2-5-18)21-22(16-3-6-19-17(13-16)14-20(31)27-19)30-8-7-26-23(24(30)28-21)29-9-11-32-12-10-29/h1-8,13H,9-12,14H2,(H,27,31). The molecule has 4 heterocycles. The lowest BCUT2D eigenvalue weighted by Crippen LogP contribution is -2.37. The van der Waals surface area contributed by atoms with Crippen LogP contribution >= 0.6 is 0 Å². The molecule has 7 nitrogen and oxygen atoms in total. The Bertz CT molecular complexity index is 1340. The van der Waals surface area contributed by atoms with Gasteiger partial charge in [-0.15, -0.1) is 0 Å². The third kappa shape index (κ3) is 3.11. The molecule has 0 bridgehead atoms. The molecule has 0 atom stereocenters. The molecule has 32 heavy (non-hydrogen) atoms. The van der Waals surface area contributed by atoms with Gasteiger partial charge in [0.1, 0.15) is 5.82 Å². The molecule has 0 spiro atoms. The van der Waals surface area contributed by atoms with Crippen LogP contribution in [0.15, 0.2) is 54.9 Å². The lowest BCUT2D eigenvalue weighted by molar-refractivity contribution is -0.115. The number of halogens is 1. The van der Waals surface area contributed by atoms with Crippen LogP contribution in [0.25, 0.3) is 28.2 Å². The molecule has 1 amide bonds. The topological polar surface area (TPSA) is 71.8 Å². The van der Waals surface area contributed by atoms with Gasteiger partial charge in [-0.1, -0.05) is 6.07 Å². The van der Waals surface area contributed by atoms with Crippen molar-refractivity contribution in [3.05, 3.63) is 66.2 Å². The second-order valence-corrected chi connectivity index (χ2v) is 7.96. The van der Waals surface area contributed by atoms with Crippen molar-refractivity contribution >= 4 is 23.1 Å². The summed E-state index contributed by atoms with van der Waals surface area (Å²) in [6, 6.07) is 12.3. The second kappa shape index (κ2) is 7.42. The van der Waals surface area contributed by atoms with E-state index in [4.69, 9.17) is 9.72 Å². The number of hydrogen-bond acceptors (Lipinski definition) is 5. The lowest BCUT2D eigenvalue weighted by atomic mass is 10.0. The number of fused-ring (bicyclic) bond motifs is 2.